The number of hydrogen-bond donors (Lipinski definition) is 1. The third kappa shape index (κ3) is 3.62. The van der Waals surface area contributed by atoms with Gasteiger partial charge in [-0.15, -0.1) is 0 Å². The minimum absolute atomic E-state index is 0.0699. The maximum atomic E-state index is 10.2. The Hall–Kier alpha value is 0.270. The van der Waals surface area contributed by atoms with Gasteiger partial charge in [-0.25, -0.2) is 0 Å². The van der Waals surface area contributed by atoms with E-state index in [1.165, 1.54) is 30.8 Å². The second kappa shape index (κ2) is 5.50. The highest BCUT2D eigenvalue weighted by Gasteiger charge is 2.35. The van der Waals surface area contributed by atoms with Crippen LogP contribution in [-0.4, -0.2) is 47.3 Å². The Morgan fingerprint density at radius 2 is 2.12 bits per heavy atom. The Labute approximate surface area is 110 Å². The van der Waals surface area contributed by atoms with Crippen molar-refractivity contribution in [3.63, 3.8) is 0 Å². The summed E-state index contributed by atoms with van der Waals surface area (Å²) in [6.45, 7) is 5.77. The SMILES string of the molecule is CN(CC1CC(C)(C)CCC1O)C1CCSC1. The summed E-state index contributed by atoms with van der Waals surface area (Å²) in [7, 11) is 2.24. The normalized spacial score (nSPS) is 37.6. The largest absolute Gasteiger partial charge is 0.393 e. The molecule has 3 atom stereocenters. The first kappa shape index (κ1) is 13.7. The van der Waals surface area contributed by atoms with Crippen LogP contribution in [0, 0.1) is 11.3 Å². The van der Waals surface area contributed by atoms with Gasteiger partial charge in [0.2, 0.25) is 0 Å². The van der Waals surface area contributed by atoms with Gasteiger partial charge in [0.25, 0.3) is 0 Å². The van der Waals surface area contributed by atoms with Crippen LogP contribution in [0.5, 0.6) is 0 Å². The van der Waals surface area contributed by atoms with Crippen LogP contribution in [0.15, 0.2) is 0 Å². The van der Waals surface area contributed by atoms with Crippen molar-refractivity contribution in [1.29, 1.82) is 0 Å². The molecule has 2 aliphatic rings. The molecule has 0 bridgehead atoms. The lowest BCUT2D eigenvalue weighted by molar-refractivity contribution is 0.00351. The molecule has 3 heteroatoms. The maximum absolute atomic E-state index is 10.2. The summed E-state index contributed by atoms with van der Waals surface area (Å²) in [5, 5.41) is 10.2. The molecule has 1 aliphatic heterocycles. The van der Waals surface area contributed by atoms with E-state index in [0.29, 0.717) is 11.3 Å². The molecular formula is C14H27NOS. The summed E-state index contributed by atoms with van der Waals surface area (Å²) in [5.74, 6) is 3.07. The number of aliphatic hydroxyl groups is 1. The molecule has 3 unspecified atom stereocenters. The first-order chi connectivity index (χ1) is 7.98. The van der Waals surface area contributed by atoms with Gasteiger partial charge in [-0.3, -0.25) is 0 Å². The van der Waals surface area contributed by atoms with Crippen molar-refractivity contribution in [3.8, 4) is 0 Å². The highest BCUT2D eigenvalue weighted by molar-refractivity contribution is 7.99. The maximum Gasteiger partial charge on any atom is 0.0581 e. The van der Waals surface area contributed by atoms with Crippen LogP contribution in [0.4, 0.5) is 0 Å². The highest BCUT2D eigenvalue weighted by Crippen LogP contribution is 2.39. The lowest BCUT2D eigenvalue weighted by Crippen LogP contribution is -2.43. The Morgan fingerprint density at radius 3 is 2.76 bits per heavy atom. The van der Waals surface area contributed by atoms with Crippen LogP contribution in [0.1, 0.15) is 39.5 Å². The summed E-state index contributed by atoms with van der Waals surface area (Å²) >= 11 is 2.07. The van der Waals surface area contributed by atoms with E-state index >= 15 is 0 Å². The Morgan fingerprint density at radius 1 is 1.35 bits per heavy atom. The molecule has 100 valence electrons. The Balaban J connectivity index is 1.87. The molecule has 1 saturated heterocycles. The average Bonchev–Trinajstić information content (AvgIpc) is 2.76. The molecule has 0 amide bonds. The molecule has 1 saturated carbocycles. The lowest BCUT2D eigenvalue weighted by Gasteiger charge is -2.41. The molecule has 0 radical (unpaired) electrons. The van der Waals surface area contributed by atoms with Gasteiger partial charge >= 0.3 is 0 Å². The Bertz CT molecular complexity index is 251. The van der Waals surface area contributed by atoms with Crippen LogP contribution in [0.3, 0.4) is 0 Å². The second-order valence-electron chi connectivity index (χ2n) is 6.69. The van der Waals surface area contributed by atoms with Crippen LogP contribution >= 0.6 is 11.8 Å². The third-order valence-corrected chi connectivity index (χ3v) is 5.67. The second-order valence-corrected chi connectivity index (χ2v) is 7.84. The molecule has 2 fully saturated rings. The molecule has 2 nitrogen and oxygen atoms in total. The Kier molecular flexibility index (Phi) is 4.43. The molecule has 0 aromatic heterocycles. The van der Waals surface area contributed by atoms with Crippen LogP contribution < -0.4 is 0 Å². The van der Waals surface area contributed by atoms with E-state index in [1.54, 1.807) is 0 Å². The van der Waals surface area contributed by atoms with Crippen molar-refractivity contribution in [2.75, 3.05) is 25.1 Å². The van der Waals surface area contributed by atoms with E-state index in [9.17, 15) is 5.11 Å². The third-order valence-electron chi connectivity index (χ3n) is 4.53. The molecule has 1 N–H and O–H groups in total. The van der Waals surface area contributed by atoms with Gasteiger partial charge in [-0.05, 0) is 49.8 Å². The first-order valence-corrected chi connectivity index (χ1v) is 8.09. The van der Waals surface area contributed by atoms with Crippen molar-refractivity contribution >= 4 is 11.8 Å². The molecule has 0 aromatic carbocycles. The molecule has 2 rings (SSSR count). The van der Waals surface area contributed by atoms with Gasteiger partial charge in [0, 0.05) is 18.3 Å². The first-order valence-electron chi connectivity index (χ1n) is 6.94. The van der Waals surface area contributed by atoms with E-state index in [4.69, 9.17) is 0 Å². The fourth-order valence-corrected chi connectivity index (χ4v) is 4.60. The minimum Gasteiger partial charge on any atom is -0.393 e. The zero-order valence-corrected chi connectivity index (χ0v) is 12.3. The molecular weight excluding hydrogens is 230 g/mol. The van der Waals surface area contributed by atoms with Crippen molar-refractivity contribution in [2.24, 2.45) is 11.3 Å². The fraction of sp³-hybridized carbons (Fsp3) is 1.00. The van der Waals surface area contributed by atoms with E-state index in [-0.39, 0.29) is 6.10 Å². The van der Waals surface area contributed by atoms with Crippen LogP contribution in [0.25, 0.3) is 0 Å². The number of hydrogen-bond acceptors (Lipinski definition) is 3. The molecule has 0 aromatic rings. The van der Waals surface area contributed by atoms with Gasteiger partial charge < -0.3 is 10.0 Å². The number of aliphatic hydroxyl groups excluding tert-OH is 1. The monoisotopic (exact) mass is 257 g/mol. The standard InChI is InChI=1S/C14H27NOS/c1-14(2)6-4-13(16)11(8-14)9-15(3)12-5-7-17-10-12/h11-13,16H,4-10H2,1-3H3. The van der Waals surface area contributed by atoms with Crippen molar-refractivity contribution < 1.29 is 5.11 Å². The van der Waals surface area contributed by atoms with Gasteiger partial charge in [-0.1, -0.05) is 13.8 Å². The number of thioether (sulfide) groups is 1. The van der Waals surface area contributed by atoms with Crippen molar-refractivity contribution in [2.45, 2.75) is 51.7 Å². The zero-order valence-electron chi connectivity index (χ0n) is 11.5. The van der Waals surface area contributed by atoms with Crippen molar-refractivity contribution in [1.82, 2.24) is 4.90 Å². The van der Waals surface area contributed by atoms with E-state index in [0.717, 1.165) is 19.0 Å². The quantitative estimate of drug-likeness (QED) is 0.841. The average molecular weight is 257 g/mol. The van der Waals surface area contributed by atoms with Crippen molar-refractivity contribution in [3.05, 3.63) is 0 Å². The lowest BCUT2D eigenvalue weighted by atomic mass is 9.70. The molecule has 1 heterocycles. The summed E-state index contributed by atoms with van der Waals surface area (Å²) < 4.78 is 0. The predicted molar refractivity (Wildman–Crippen MR) is 75.5 cm³/mol. The van der Waals surface area contributed by atoms with Gasteiger partial charge in [0.15, 0.2) is 0 Å². The van der Waals surface area contributed by atoms with Gasteiger partial charge in [0.05, 0.1) is 6.10 Å². The summed E-state index contributed by atoms with van der Waals surface area (Å²) in [4.78, 5) is 2.50. The fourth-order valence-electron chi connectivity index (χ4n) is 3.30. The highest BCUT2D eigenvalue weighted by atomic mass is 32.2. The smallest absolute Gasteiger partial charge is 0.0581 e. The van der Waals surface area contributed by atoms with Gasteiger partial charge in [0.1, 0.15) is 0 Å². The molecule has 17 heavy (non-hydrogen) atoms. The minimum atomic E-state index is -0.0699. The predicted octanol–water partition coefficient (Wildman–Crippen LogP) is 2.61. The zero-order chi connectivity index (χ0) is 12.5. The van der Waals surface area contributed by atoms with E-state index < -0.39 is 0 Å². The van der Waals surface area contributed by atoms with Gasteiger partial charge in [-0.2, -0.15) is 11.8 Å². The molecule has 1 aliphatic carbocycles. The number of rotatable bonds is 3. The summed E-state index contributed by atoms with van der Waals surface area (Å²) in [6.07, 6.45) is 4.60. The van der Waals surface area contributed by atoms with Crippen LogP contribution in [0.2, 0.25) is 0 Å². The van der Waals surface area contributed by atoms with E-state index in [2.05, 4.69) is 37.6 Å². The summed E-state index contributed by atoms with van der Waals surface area (Å²) in [6, 6.07) is 0.747. The van der Waals surface area contributed by atoms with Crippen LogP contribution in [-0.2, 0) is 0 Å². The number of nitrogens with zero attached hydrogens (tertiary/aromatic N) is 1. The van der Waals surface area contributed by atoms with E-state index in [1.807, 2.05) is 0 Å². The summed E-state index contributed by atoms with van der Waals surface area (Å²) in [5.41, 5.74) is 0.426. The topological polar surface area (TPSA) is 23.5 Å². The molecule has 0 spiro atoms.